The fraction of sp³-hybridized carbons (Fsp3) is 0.556. The molecule has 0 aromatic carbocycles. The van der Waals surface area contributed by atoms with Crippen molar-refractivity contribution in [3.05, 3.63) is 17.0 Å². The first-order valence-corrected chi connectivity index (χ1v) is 3.83. The molecule has 1 aromatic rings. The molecule has 0 aliphatic rings. The van der Waals surface area contributed by atoms with Crippen molar-refractivity contribution in [2.24, 2.45) is 0 Å². The third-order valence-corrected chi connectivity index (χ3v) is 1.74. The van der Waals surface area contributed by atoms with Crippen LogP contribution in [0.2, 0.25) is 0 Å². The highest BCUT2D eigenvalue weighted by atomic mass is 16.5. The summed E-state index contributed by atoms with van der Waals surface area (Å²) in [6.07, 6.45) is 0. The van der Waals surface area contributed by atoms with Crippen molar-refractivity contribution in [3.63, 3.8) is 0 Å². The number of hydrogen-bond acceptors (Lipinski definition) is 3. The molecule has 0 saturated heterocycles. The molecular formula is C9H12N2O. The molecule has 3 heteroatoms. The second kappa shape index (κ2) is 2.63. The number of nitrogens with zero attached hydrogens (tertiary/aromatic N) is 2. The molecule has 0 aliphatic heterocycles. The van der Waals surface area contributed by atoms with Crippen LogP contribution >= 0.6 is 0 Å². The minimum atomic E-state index is -0.0529. The van der Waals surface area contributed by atoms with E-state index in [2.05, 4.69) is 5.16 Å². The molecule has 1 rings (SSSR count). The van der Waals surface area contributed by atoms with Crippen molar-refractivity contribution in [1.82, 2.24) is 5.16 Å². The van der Waals surface area contributed by atoms with E-state index in [1.807, 2.05) is 33.8 Å². The summed E-state index contributed by atoms with van der Waals surface area (Å²) in [6, 6.07) is 1.96. The number of aromatic nitrogens is 1. The molecule has 0 N–H and O–H groups in total. The maximum absolute atomic E-state index is 8.61. The SMILES string of the molecule is Cc1c(C(C)(C)C)noc1C#N. The summed E-state index contributed by atoms with van der Waals surface area (Å²) in [5, 5.41) is 12.5. The van der Waals surface area contributed by atoms with Gasteiger partial charge in [-0.2, -0.15) is 5.26 Å². The lowest BCUT2D eigenvalue weighted by Gasteiger charge is -2.14. The average molecular weight is 164 g/mol. The lowest BCUT2D eigenvalue weighted by Crippen LogP contribution is -2.13. The van der Waals surface area contributed by atoms with Gasteiger partial charge in [-0.1, -0.05) is 25.9 Å². The van der Waals surface area contributed by atoms with Crippen molar-refractivity contribution in [2.45, 2.75) is 33.1 Å². The zero-order chi connectivity index (χ0) is 9.35. The molecule has 0 bridgehead atoms. The Morgan fingerprint density at radius 2 is 2.00 bits per heavy atom. The molecule has 0 aliphatic carbocycles. The van der Waals surface area contributed by atoms with Crippen molar-refractivity contribution in [1.29, 1.82) is 5.26 Å². The molecule has 0 fully saturated rings. The van der Waals surface area contributed by atoms with Crippen LogP contribution < -0.4 is 0 Å². The molecule has 1 aromatic heterocycles. The summed E-state index contributed by atoms with van der Waals surface area (Å²) in [4.78, 5) is 0. The molecule has 0 spiro atoms. The van der Waals surface area contributed by atoms with Crippen LogP contribution in [-0.2, 0) is 5.41 Å². The third kappa shape index (κ3) is 1.33. The van der Waals surface area contributed by atoms with Gasteiger partial charge in [0, 0.05) is 11.0 Å². The summed E-state index contributed by atoms with van der Waals surface area (Å²) < 4.78 is 4.86. The van der Waals surface area contributed by atoms with E-state index in [9.17, 15) is 0 Å². The van der Waals surface area contributed by atoms with Gasteiger partial charge in [0.15, 0.2) is 0 Å². The Balaban J connectivity index is 3.22. The standard InChI is InChI=1S/C9H12N2O/c1-6-7(5-10)12-11-8(6)9(2,3)4/h1-4H3. The van der Waals surface area contributed by atoms with E-state index in [-0.39, 0.29) is 5.41 Å². The summed E-state index contributed by atoms with van der Waals surface area (Å²) in [5.74, 6) is 0.319. The smallest absolute Gasteiger partial charge is 0.239 e. The first-order chi connectivity index (χ1) is 5.46. The molecule has 12 heavy (non-hydrogen) atoms. The highest BCUT2D eigenvalue weighted by Gasteiger charge is 2.23. The van der Waals surface area contributed by atoms with E-state index in [1.165, 1.54) is 0 Å². The molecule has 0 saturated carbocycles. The van der Waals surface area contributed by atoms with E-state index in [4.69, 9.17) is 9.78 Å². The van der Waals surface area contributed by atoms with E-state index < -0.39 is 0 Å². The van der Waals surface area contributed by atoms with Crippen molar-refractivity contribution < 1.29 is 4.52 Å². The highest BCUT2D eigenvalue weighted by Crippen LogP contribution is 2.25. The minimum Gasteiger partial charge on any atom is -0.345 e. The third-order valence-electron chi connectivity index (χ3n) is 1.74. The van der Waals surface area contributed by atoms with Crippen LogP contribution in [0.1, 0.15) is 37.8 Å². The molecule has 0 amide bonds. The van der Waals surface area contributed by atoms with Crippen LogP contribution in [-0.4, -0.2) is 5.16 Å². The Morgan fingerprint density at radius 1 is 1.42 bits per heavy atom. The molecule has 0 atom stereocenters. The predicted octanol–water partition coefficient (Wildman–Crippen LogP) is 2.15. The molecule has 0 radical (unpaired) electrons. The molecule has 0 unspecified atom stereocenters. The number of hydrogen-bond donors (Lipinski definition) is 0. The van der Waals surface area contributed by atoms with E-state index in [0.717, 1.165) is 11.3 Å². The van der Waals surface area contributed by atoms with Crippen LogP contribution in [0.25, 0.3) is 0 Å². The van der Waals surface area contributed by atoms with Crippen LogP contribution in [0.5, 0.6) is 0 Å². The molecule has 1 heterocycles. The zero-order valence-corrected chi connectivity index (χ0v) is 7.80. The van der Waals surface area contributed by atoms with Crippen LogP contribution in [0.4, 0.5) is 0 Å². The van der Waals surface area contributed by atoms with Gasteiger partial charge in [0.1, 0.15) is 6.07 Å². The first-order valence-electron chi connectivity index (χ1n) is 3.83. The fourth-order valence-corrected chi connectivity index (χ4v) is 1.14. The zero-order valence-electron chi connectivity index (χ0n) is 7.80. The minimum absolute atomic E-state index is 0.0529. The van der Waals surface area contributed by atoms with Crippen molar-refractivity contribution in [2.75, 3.05) is 0 Å². The second-order valence-electron chi connectivity index (χ2n) is 3.85. The predicted molar refractivity (Wildman–Crippen MR) is 44.7 cm³/mol. The maximum Gasteiger partial charge on any atom is 0.239 e. The van der Waals surface area contributed by atoms with Gasteiger partial charge < -0.3 is 4.52 Å². The van der Waals surface area contributed by atoms with Gasteiger partial charge >= 0.3 is 0 Å². The Morgan fingerprint density at radius 3 is 2.25 bits per heavy atom. The van der Waals surface area contributed by atoms with Gasteiger partial charge in [-0.05, 0) is 6.92 Å². The summed E-state index contributed by atoms with van der Waals surface area (Å²) >= 11 is 0. The first kappa shape index (κ1) is 8.79. The number of rotatable bonds is 0. The quantitative estimate of drug-likeness (QED) is 0.590. The van der Waals surface area contributed by atoms with Gasteiger partial charge in [-0.25, -0.2) is 0 Å². The number of nitriles is 1. The largest absolute Gasteiger partial charge is 0.345 e. The molecule has 3 nitrogen and oxygen atoms in total. The lowest BCUT2D eigenvalue weighted by atomic mass is 9.89. The highest BCUT2D eigenvalue weighted by molar-refractivity contribution is 5.33. The monoisotopic (exact) mass is 164 g/mol. The van der Waals surface area contributed by atoms with Gasteiger partial charge in [0.2, 0.25) is 5.76 Å². The van der Waals surface area contributed by atoms with E-state index in [0.29, 0.717) is 5.76 Å². The topological polar surface area (TPSA) is 49.8 Å². The van der Waals surface area contributed by atoms with Crippen LogP contribution in [0.15, 0.2) is 4.52 Å². The normalized spacial score (nSPS) is 11.2. The van der Waals surface area contributed by atoms with Gasteiger partial charge in [-0.3, -0.25) is 0 Å². The Labute approximate surface area is 72.0 Å². The van der Waals surface area contributed by atoms with Gasteiger partial charge in [-0.15, -0.1) is 0 Å². The Bertz CT molecular complexity index is 325. The summed E-state index contributed by atoms with van der Waals surface area (Å²) in [7, 11) is 0. The Kier molecular flexibility index (Phi) is 1.93. The lowest BCUT2D eigenvalue weighted by molar-refractivity contribution is 0.385. The summed E-state index contributed by atoms with van der Waals surface area (Å²) in [6.45, 7) is 7.98. The fourth-order valence-electron chi connectivity index (χ4n) is 1.14. The summed E-state index contributed by atoms with van der Waals surface area (Å²) in [5.41, 5.74) is 1.66. The van der Waals surface area contributed by atoms with E-state index >= 15 is 0 Å². The van der Waals surface area contributed by atoms with Crippen molar-refractivity contribution in [3.8, 4) is 6.07 Å². The maximum atomic E-state index is 8.61. The van der Waals surface area contributed by atoms with Crippen LogP contribution in [0.3, 0.4) is 0 Å². The van der Waals surface area contributed by atoms with Crippen molar-refractivity contribution >= 4 is 0 Å². The molecular weight excluding hydrogens is 152 g/mol. The molecule has 64 valence electrons. The van der Waals surface area contributed by atoms with Gasteiger partial charge in [0.25, 0.3) is 0 Å². The second-order valence-corrected chi connectivity index (χ2v) is 3.85. The van der Waals surface area contributed by atoms with E-state index in [1.54, 1.807) is 0 Å². The average Bonchev–Trinajstić information content (AvgIpc) is 2.29. The Hall–Kier alpha value is -1.30. The van der Waals surface area contributed by atoms with Crippen LogP contribution in [0, 0.1) is 18.3 Å². The van der Waals surface area contributed by atoms with Gasteiger partial charge in [0.05, 0.1) is 5.69 Å².